The average molecular weight is 340 g/mol. The number of aromatic nitrogens is 4. The van der Waals surface area contributed by atoms with Crippen molar-refractivity contribution < 1.29 is 13.9 Å². The van der Waals surface area contributed by atoms with Gasteiger partial charge >= 0.3 is 5.69 Å². The van der Waals surface area contributed by atoms with Crippen molar-refractivity contribution in [1.82, 2.24) is 19.7 Å². The third kappa shape index (κ3) is 4.09. The number of hydrogen-bond donors (Lipinski definition) is 1. The number of ether oxygens (including phenoxy) is 2. The van der Waals surface area contributed by atoms with Crippen molar-refractivity contribution in [1.29, 1.82) is 0 Å². The molecule has 10 heteroatoms. The van der Waals surface area contributed by atoms with Crippen LogP contribution in [-0.4, -0.2) is 44.0 Å². The van der Waals surface area contributed by atoms with Crippen LogP contribution in [0, 0.1) is 0 Å². The minimum Gasteiger partial charge on any atom is -0.414 e. The van der Waals surface area contributed by atoms with Gasteiger partial charge in [0.2, 0.25) is 5.89 Å². The summed E-state index contributed by atoms with van der Waals surface area (Å²) in [7, 11) is 0. The molecule has 1 saturated heterocycles. The first-order chi connectivity index (χ1) is 10.9. The summed E-state index contributed by atoms with van der Waals surface area (Å²) in [6.45, 7) is 4.35. The summed E-state index contributed by atoms with van der Waals surface area (Å²) in [6, 6.07) is 1.26. The first kappa shape index (κ1) is 16.0. The highest BCUT2D eigenvalue weighted by molar-refractivity contribution is 7.99. The maximum absolute atomic E-state index is 11.6. The molecule has 1 aliphatic heterocycles. The maximum Gasteiger partial charge on any atom is 0.328 e. The highest BCUT2D eigenvalue weighted by atomic mass is 32.2. The Morgan fingerprint density at radius 3 is 2.96 bits per heavy atom. The van der Waals surface area contributed by atoms with Crippen LogP contribution in [0.5, 0.6) is 0 Å². The lowest BCUT2D eigenvalue weighted by Crippen LogP contribution is -2.28. The van der Waals surface area contributed by atoms with E-state index in [1.807, 2.05) is 13.8 Å². The lowest BCUT2D eigenvalue weighted by Gasteiger charge is -2.16. The van der Waals surface area contributed by atoms with Crippen LogP contribution < -0.4 is 11.2 Å². The largest absolute Gasteiger partial charge is 0.414 e. The van der Waals surface area contributed by atoms with E-state index < -0.39 is 17.0 Å². The fourth-order valence-electron chi connectivity index (χ4n) is 2.08. The highest BCUT2D eigenvalue weighted by Crippen LogP contribution is 2.26. The predicted octanol–water partition coefficient (Wildman–Crippen LogP) is 0.212. The molecule has 0 saturated carbocycles. The number of nitrogens with one attached hydrogen (secondary N) is 1. The Balaban J connectivity index is 1.58. The minimum atomic E-state index is -0.559. The molecule has 0 amide bonds. The van der Waals surface area contributed by atoms with Gasteiger partial charge in [-0.2, -0.15) is 0 Å². The maximum atomic E-state index is 11.6. The van der Waals surface area contributed by atoms with Gasteiger partial charge in [-0.05, 0) is 13.8 Å². The fourth-order valence-corrected chi connectivity index (χ4v) is 2.83. The second-order valence-electron chi connectivity index (χ2n) is 5.46. The molecule has 0 radical (unpaired) electrons. The van der Waals surface area contributed by atoms with Crippen LogP contribution in [0.1, 0.15) is 19.7 Å². The SMILES string of the molecule is CC1(C)OCC(CSc2nnc(Cn3ccc(=O)[nH]c3=O)o2)O1. The van der Waals surface area contributed by atoms with E-state index in [4.69, 9.17) is 13.9 Å². The molecule has 2 aromatic heterocycles. The summed E-state index contributed by atoms with van der Waals surface area (Å²) in [5.41, 5.74) is -0.974. The molecule has 2 aromatic rings. The van der Waals surface area contributed by atoms with Gasteiger partial charge in [0.15, 0.2) is 5.79 Å². The van der Waals surface area contributed by atoms with Gasteiger partial charge in [0.25, 0.3) is 10.8 Å². The van der Waals surface area contributed by atoms with Crippen LogP contribution in [0.2, 0.25) is 0 Å². The van der Waals surface area contributed by atoms with E-state index in [2.05, 4.69) is 15.2 Å². The van der Waals surface area contributed by atoms with E-state index in [0.29, 0.717) is 17.6 Å². The summed E-state index contributed by atoms with van der Waals surface area (Å²) < 4.78 is 17.9. The van der Waals surface area contributed by atoms with Crippen molar-refractivity contribution in [3.8, 4) is 0 Å². The minimum absolute atomic E-state index is 0.0350. The predicted molar refractivity (Wildman–Crippen MR) is 80.4 cm³/mol. The summed E-state index contributed by atoms with van der Waals surface area (Å²) in [6.07, 6.45) is 1.34. The summed E-state index contributed by atoms with van der Waals surface area (Å²) >= 11 is 1.37. The number of H-pyrrole nitrogens is 1. The quantitative estimate of drug-likeness (QED) is 0.769. The van der Waals surface area contributed by atoms with Crippen LogP contribution in [0.3, 0.4) is 0 Å². The zero-order valence-electron chi connectivity index (χ0n) is 12.6. The van der Waals surface area contributed by atoms with Gasteiger partial charge in [0.05, 0.1) is 12.7 Å². The Hall–Kier alpha value is -1.91. The Morgan fingerprint density at radius 1 is 1.43 bits per heavy atom. The molecule has 0 bridgehead atoms. The third-order valence-corrected chi connectivity index (χ3v) is 4.06. The van der Waals surface area contributed by atoms with Crippen molar-refractivity contribution in [2.24, 2.45) is 0 Å². The second-order valence-corrected chi connectivity index (χ2v) is 6.43. The fraction of sp³-hybridized carbons (Fsp3) is 0.538. The number of hydrogen-bond acceptors (Lipinski definition) is 8. The zero-order chi connectivity index (χ0) is 16.4. The van der Waals surface area contributed by atoms with Crippen molar-refractivity contribution in [2.75, 3.05) is 12.4 Å². The van der Waals surface area contributed by atoms with Crippen LogP contribution in [0.15, 0.2) is 31.5 Å². The number of nitrogens with zero attached hydrogens (tertiary/aromatic N) is 3. The standard InChI is InChI=1S/C13H16N4O5S/c1-13(2)20-6-8(22-13)7-23-12-16-15-10(21-12)5-17-4-3-9(18)14-11(17)19/h3-4,8H,5-7H2,1-2H3,(H,14,18,19). The van der Waals surface area contributed by atoms with Gasteiger partial charge < -0.3 is 13.9 Å². The third-order valence-electron chi connectivity index (χ3n) is 3.11. The molecule has 0 aliphatic carbocycles. The van der Waals surface area contributed by atoms with E-state index in [1.54, 1.807) is 0 Å². The van der Waals surface area contributed by atoms with Gasteiger partial charge in [0.1, 0.15) is 6.54 Å². The molecular weight excluding hydrogens is 324 g/mol. The van der Waals surface area contributed by atoms with Crippen molar-refractivity contribution >= 4 is 11.8 Å². The monoisotopic (exact) mass is 340 g/mol. The molecule has 1 fully saturated rings. The molecule has 3 heterocycles. The van der Waals surface area contributed by atoms with Crippen molar-refractivity contribution in [3.05, 3.63) is 39.0 Å². The first-order valence-corrected chi connectivity index (χ1v) is 7.96. The molecule has 23 heavy (non-hydrogen) atoms. The molecule has 1 aliphatic rings. The van der Waals surface area contributed by atoms with Crippen molar-refractivity contribution in [2.45, 2.75) is 37.5 Å². The van der Waals surface area contributed by atoms with E-state index in [9.17, 15) is 9.59 Å². The zero-order valence-corrected chi connectivity index (χ0v) is 13.5. The molecule has 124 valence electrons. The molecule has 1 atom stereocenters. The normalized spacial score (nSPS) is 20.0. The smallest absolute Gasteiger partial charge is 0.328 e. The summed E-state index contributed by atoms with van der Waals surface area (Å²) in [5.74, 6) is 0.353. The van der Waals surface area contributed by atoms with Gasteiger partial charge in [-0.15, -0.1) is 10.2 Å². The Morgan fingerprint density at radius 2 is 2.26 bits per heavy atom. The molecule has 3 rings (SSSR count). The summed E-state index contributed by atoms with van der Waals surface area (Å²) in [4.78, 5) is 24.8. The van der Waals surface area contributed by atoms with Gasteiger partial charge in [0, 0.05) is 18.0 Å². The van der Waals surface area contributed by atoms with Crippen LogP contribution in [-0.2, 0) is 16.0 Å². The molecule has 0 aromatic carbocycles. The van der Waals surface area contributed by atoms with E-state index in [0.717, 1.165) is 0 Å². The van der Waals surface area contributed by atoms with E-state index >= 15 is 0 Å². The van der Waals surface area contributed by atoms with Crippen LogP contribution in [0.4, 0.5) is 0 Å². The first-order valence-electron chi connectivity index (χ1n) is 6.98. The van der Waals surface area contributed by atoms with Crippen LogP contribution in [0.25, 0.3) is 0 Å². The van der Waals surface area contributed by atoms with Gasteiger partial charge in [-0.1, -0.05) is 11.8 Å². The van der Waals surface area contributed by atoms with E-state index in [1.165, 1.54) is 28.6 Å². The van der Waals surface area contributed by atoms with Gasteiger partial charge in [-0.3, -0.25) is 14.3 Å². The topological polar surface area (TPSA) is 112 Å². The van der Waals surface area contributed by atoms with Gasteiger partial charge in [-0.25, -0.2) is 4.79 Å². The molecule has 1 unspecified atom stereocenters. The number of aromatic amines is 1. The second kappa shape index (κ2) is 6.30. The Kier molecular flexibility index (Phi) is 4.37. The number of rotatable bonds is 5. The lowest BCUT2D eigenvalue weighted by molar-refractivity contribution is -0.135. The highest BCUT2D eigenvalue weighted by Gasteiger charge is 2.32. The van der Waals surface area contributed by atoms with Crippen molar-refractivity contribution in [3.63, 3.8) is 0 Å². The average Bonchev–Trinajstić information content (AvgIpc) is 3.06. The molecule has 1 N–H and O–H groups in total. The van der Waals surface area contributed by atoms with Crippen LogP contribution >= 0.6 is 11.8 Å². The summed E-state index contributed by atoms with van der Waals surface area (Å²) in [5, 5.41) is 8.20. The lowest BCUT2D eigenvalue weighted by atomic mass is 10.4. The Bertz CT molecular complexity index is 796. The molecule has 0 spiro atoms. The van der Waals surface area contributed by atoms with E-state index in [-0.39, 0.29) is 18.5 Å². The molecule has 9 nitrogen and oxygen atoms in total. The number of thioether (sulfide) groups is 1. The molecular formula is C13H16N4O5S. The Labute approximate surface area is 135 Å².